The van der Waals surface area contributed by atoms with Crippen molar-refractivity contribution in [1.29, 1.82) is 0 Å². The topological polar surface area (TPSA) is 3.24 Å². The van der Waals surface area contributed by atoms with E-state index in [1.165, 1.54) is 93.3 Å². The second kappa shape index (κ2) is 18.0. The summed E-state index contributed by atoms with van der Waals surface area (Å²) in [5, 5.41) is 0. The summed E-state index contributed by atoms with van der Waals surface area (Å²) in [5.74, 6) is 0.764. The van der Waals surface area contributed by atoms with Gasteiger partial charge in [-0.3, -0.25) is 0 Å². The van der Waals surface area contributed by atoms with Crippen molar-refractivity contribution >= 4 is 0 Å². The molecule has 1 saturated heterocycles. The summed E-state index contributed by atoms with van der Waals surface area (Å²) < 4.78 is 0. The highest BCUT2D eigenvalue weighted by molar-refractivity contribution is 5.22. The Hall–Kier alpha value is -1.60. The Morgan fingerprint density at radius 3 is 2.19 bits per heavy atom. The lowest BCUT2D eigenvalue weighted by Gasteiger charge is -2.13. The van der Waals surface area contributed by atoms with Gasteiger partial charge in [-0.1, -0.05) is 93.8 Å². The average Bonchev–Trinajstić information content (AvgIpc) is 3.25. The maximum Gasteiger partial charge on any atom is -0.00156 e. The first kappa shape index (κ1) is 29.4. The predicted molar refractivity (Wildman–Crippen MR) is 143 cm³/mol. The number of allylic oxidation sites excluding steroid dienone is 5. The summed E-state index contributed by atoms with van der Waals surface area (Å²) in [6.45, 7) is 18.5. The van der Waals surface area contributed by atoms with E-state index in [-0.39, 0.29) is 7.43 Å². The molecule has 2 aliphatic rings. The minimum Gasteiger partial charge on any atom is -0.303 e. The third kappa shape index (κ3) is 14.9. The van der Waals surface area contributed by atoms with Gasteiger partial charge in [-0.25, -0.2) is 0 Å². The molecule has 1 aromatic rings. The molecule has 1 fully saturated rings. The number of hydrogen-bond donors (Lipinski definition) is 0. The molecule has 31 heavy (non-hydrogen) atoms. The zero-order valence-corrected chi connectivity index (χ0v) is 20.6. The van der Waals surface area contributed by atoms with Gasteiger partial charge in [0.2, 0.25) is 0 Å². The lowest BCUT2D eigenvalue weighted by atomic mass is 9.97. The highest BCUT2D eigenvalue weighted by Gasteiger charge is 2.10. The molecule has 3 rings (SSSR count). The number of hydrogen-bond acceptors (Lipinski definition) is 1. The minimum atomic E-state index is 0. The highest BCUT2D eigenvalue weighted by Crippen LogP contribution is 2.16. The lowest BCUT2D eigenvalue weighted by Crippen LogP contribution is -2.20. The molecule has 0 bridgehead atoms. The maximum atomic E-state index is 3.74. The summed E-state index contributed by atoms with van der Waals surface area (Å²) in [6.07, 6.45) is 17.1. The number of likely N-dealkylation sites (tertiary alicyclic amines) is 1. The fourth-order valence-electron chi connectivity index (χ4n) is 3.73. The van der Waals surface area contributed by atoms with Crippen LogP contribution in [-0.4, -0.2) is 24.5 Å². The van der Waals surface area contributed by atoms with Crippen molar-refractivity contribution in [3.05, 3.63) is 71.3 Å². The van der Waals surface area contributed by atoms with Crippen LogP contribution in [0.4, 0.5) is 0 Å². The molecule has 1 aromatic carbocycles. The Bertz CT molecular complexity index is 629. The summed E-state index contributed by atoms with van der Waals surface area (Å²) >= 11 is 0. The van der Waals surface area contributed by atoms with E-state index in [0.717, 1.165) is 5.92 Å². The van der Waals surface area contributed by atoms with Crippen molar-refractivity contribution in [3.63, 3.8) is 0 Å². The first-order valence-corrected chi connectivity index (χ1v) is 12.2. The van der Waals surface area contributed by atoms with Gasteiger partial charge in [-0.15, -0.1) is 6.58 Å². The molecular weight excluding hydrogens is 374 g/mol. The van der Waals surface area contributed by atoms with Gasteiger partial charge in [-0.05, 0) is 89.9 Å². The molecule has 0 spiro atoms. The number of aryl methyl sites for hydroxylation is 2. The molecule has 1 heterocycles. The normalized spacial score (nSPS) is 17.5. The highest BCUT2D eigenvalue weighted by atomic mass is 15.1. The van der Waals surface area contributed by atoms with Crippen molar-refractivity contribution in [2.75, 3.05) is 19.6 Å². The molecule has 0 radical (unpaired) electrons. The molecule has 1 nitrogen and oxygen atoms in total. The Balaban J connectivity index is 0.000000483. The molecule has 0 amide bonds. The van der Waals surface area contributed by atoms with E-state index in [1.54, 1.807) is 0 Å². The Labute approximate surface area is 195 Å². The Morgan fingerprint density at radius 1 is 1.10 bits per heavy atom. The fraction of sp³-hybridized carbons (Fsp3) is 0.600. The van der Waals surface area contributed by atoms with Gasteiger partial charge in [0.15, 0.2) is 0 Å². The third-order valence-corrected chi connectivity index (χ3v) is 5.73. The molecule has 0 N–H and O–H groups in total. The van der Waals surface area contributed by atoms with Gasteiger partial charge < -0.3 is 4.90 Å². The van der Waals surface area contributed by atoms with Crippen LogP contribution in [0.15, 0.2) is 60.2 Å². The first-order chi connectivity index (χ1) is 14.4. The zero-order valence-electron chi connectivity index (χ0n) is 20.6. The van der Waals surface area contributed by atoms with Crippen molar-refractivity contribution in [1.82, 2.24) is 4.90 Å². The van der Waals surface area contributed by atoms with E-state index in [9.17, 15) is 0 Å². The van der Waals surface area contributed by atoms with Crippen molar-refractivity contribution < 1.29 is 0 Å². The number of benzene rings is 1. The monoisotopic (exact) mass is 425 g/mol. The van der Waals surface area contributed by atoms with Crippen molar-refractivity contribution in [2.24, 2.45) is 5.92 Å². The van der Waals surface area contributed by atoms with E-state index in [0.29, 0.717) is 0 Å². The molecule has 1 aliphatic heterocycles. The van der Waals surface area contributed by atoms with Crippen molar-refractivity contribution in [2.45, 2.75) is 93.4 Å². The van der Waals surface area contributed by atoms with E-state index in [2.05, 4.69) is 88.6 Å². The van der Waals surface area contributed by atoms with Crippen LogP contribution in [0, 0.1) is 12.8 Å². The SMILES string of the molecule is C.C=C(C)CCC.CCC1=CCC(C)C=C1.Cc1ccc(CCCN2CCCC2)cc1. The smallest absolute Gasteiger partial charge is 0.00156 e. The molecule has 0 saturated carbocycles. The lowest BCUT2D eigenvalue weighted by molar-refractivity contribution is 0.334. The predicted octanol–water partition coefficient (Wildman–Crippen LogP) is 8.94. The minimum absolute atomic E-state index is 0. The molecule has 1 atom stereocenters. The van der Waals surface area contributed by atoms with Gasteiger partial charge in [0.05, 0.1) is 0 Å². The summed E-state index contributed by atoms with van der Waals surface area (Å²) in [5.41, 5.74) is 5.63. The maximum absolute atomic E-state index is 3.74. The summed E-state index contributed by atoms with van der Waals surface area (Å²) in [7, 11) is 0. The third-order valence-electron chi connectivity index (χ3n) is 5.73. The second-order valence-electron chi connectivity index (χ2n) is 9.05. The first-order valence-electron chi connectivity index (χ1n) is 12.2. The molecule has 1 aliphatic carbocycles. The second-order valence-corrected chi connectivity index (χ2v) is 9.05. The van der Waals surface area contributed by atoms with Gasteiger partial charge in [0.1, 0.15) is 0 Å². The van der Waals surface area contributed by atoms with Crippen LogP contribution in [-0.2, 0) is 6.42 Å². The average molecular weight is 426 g/mol. The van der Waals surface area contributed by atoms with Crippen LogP contribution in [0.5, 0.6) is 0 Å². The van der Waals surface area contributed by atoms with Crippen LogP contribution in [0.1, 0.15) is 91.2 Å². The van der Waals surface area contributed by atoms with Gasteiger partial charge in [0.25, 0.3) is 0 Å². The van der Waals surface area contributed by atoms with Crippen LogP contribution in [0.2, 0.25) is 0 Å². The molecule has 0 aromatic heterocycles. The van der Waals surface area contributed by atoms with E-state index in [1.807, 2.05) is 0 Å². The molecule has 176 valence electrons. The summed E-state index contributed by atoms with van der Waals surface area (Å²) in [4.78, 5) is 2.59. The van der Waals surface area contributed by atoms with E-state index in [4.69, 9.17) is 0 Å². The number of nitrogens with zero attached hydrogens (tertiary/aromatic N) is 1. The van der Waals surface area contributed by atoms with Gasteiger partial charge in [-0.2, -0.15) is 0 Å². The van der Waals surface area contributed by atoms with Gasteiger partial charge in [0, 0.05) is 0 Å². The van der Waals surface area contributed by atoms with Crippen LogP contribution in [0.25, 0.3) is 0 Å². The number of rotatable bonds is 7. The Morgan fingerprint density at radius 2 is 1.74 bits per heavy atom. The van der Waals surface area contributed by atoms with E-state index >= 15 is 0 Å². The van der Waals surface area contributed by atoms with Crippen LogP contribution >= 0.6 is 0 Å². The fourth-order valence-corrected chi connectivity index (χ4v) is 3.73. The van der Waals surface area contributed by atoms with E-state index < -0.39 is 0 Å². The zero-order chi connectivity index (χ0) is 22.2. The largest absolute Gasteiger partial charge is 0.303 e. The Kier molecular flexibility index (Phi) is 17.1. The molecular formula is C30H51N. The standard InChI is InChI=1S/C14H21N.C9H14.C6H12.CH4/c1-13-6-8-14(9-7-13)5-4-12-15-10-2-3-11-15;1-3-9-6-4-8(2)5-7-9;1-4-5-6(2)3;/h6-9H,2-5,10-12H2,1H3;4,6-8H,3,5H2,1-2H3;2,4-5H2,1,3H3;1H4. The van der Waals surface area contributed by atoms with Crippen molar-refractivity contribution in [3.8, 4) is 0 Å². The van der Waals surface area contributed by atoms with Gasteiger partial charge >= 0.3 is 0 Å². The summed E-state index contributed by atoms with van der Waals surface area (Å²) in [6, 6.07) is 8.95. The molecule has 1 heteroatoms. The van der Waals surface area contributed by atoms with Crippen LogP contribution in [0.3, 0.4) is 0 Å². The quantitative estimate of drug-likeness (QED) is 0.394. The van der Waals surface area contributed by atoms with Crippen LogP contribution < -0.4 is 0 Å². The molecule has 1 unspecified atom stereocenters.